The van der Waals surface area contributed by atoms with E-state index in [2.05, 4.69) is 271 Å². The molecule has 4 atom stereocenters. The number of hydrogen-bond donors (Lipinski definition) is 0. The minimum atomic E-state index is 0.0757. The van der Waals surface area contributed by atoms with Crippen molar-refractivity contribution in [3.8, 4) is 0 Å². The van der Waals surface area contributed by atoms with Crippen molar-refractivity contribution < 1.29 is 8.83 Å². The lowest BCUT2D eigenvalue weighted by Crippen LogP contribution is -2.49. The molecular weight excluding hydrogens is 937 g/mol. The first-order valence-electron chi connectivity index (χ1n) is 26.7. The normalized spacial score (nSPS) is 18.8. The van der Waals surface area contributed by atoms with Crippen LogP contribution in [0.15, 0.2) is 203 Å². The summed E-state index contributed by atoms with van der Waals surface area (Å²) in [4.78, 5) is 19.5. The Bertz CT molecular complexity index is 3910. The van der Waals surface area contributed by atoms with Crippen LogP contribution in [0.1, 0.15) is 49.9 Å². The van der Waals surface area contributed by atoms with Gasteiger partial charge in [-0.3, -0.25) is 0 Å². The molecule has 0 amide bonds. The van der Waals surface area contributed by atoms with Crippen LogP contribution in [0.5, 0.6) is 0 Å². The first kappa shape index (κ1) is 47.0. The van der Waals surface area contributed by atoms with Crippen LogP contribution in [0.25, 0.3) is 43.9 Å². The fraction of sp³-hybridized carbons (Fsp3) is 0.212. The van der Waals surface area contributed by atoms with Gasteiger partial charge in [0.25, 0.3) is 0 Å². The third-order valence-corrected chi connectivity index (χ3v) is 16.5. The van der Waals surface area contributed by atoms with Crippen LogP contribution in [-0.2, 0) is 0 Å². The van der Waals surface area contributed by atoms with Gasteiger partial charge in [0, 0.05) is 57.7 Å². The zero-order chi connectivity index (χ0) is 51.9. The van der Waals surface area contributed by atoms with Crippen LogP contribution in [0.2, 0.25) is 0 Å². The summed E-state index contributed by atoms with van der Waals surface area (Å²) >= 11 is 0. The third kappa shape index (κ3) is 7.52. The standard InChI is InChI=1S/C37H34N4O.C29H30N4O/c1-24-13-5-7-15-30(24)40-26(3)38(31-16-8-10-18-33(31)40)23-39-27(4)41(34-19-11-9-17-32(34)39)36-25(2)21-22-29-28-14-6-12-20-35(28)42-37(29)36;1-20-9-5-7-11-26(20)32-17-15-30(22(32)3)19-31-16-18-33(23(31)4)28-21(2)13-14-25-24-10-6-8-12-27(24)34-29(25)28/h5-22,26-27H,23H2,1-4H3;5-18,22-23H,19H2,1-4H3/t26-,27+;22-,23+/m11/s1. The van der Waals surface area contributed by atoms with E-state index >= 15 is 0 Å². The number of aryl methyl sites for hydroxylation is 4. The highest BCUT2D eigenvalue weighted by atomic mass is 16.3. The number of hydrogen-bond acceptors (Lipinski definition) is 10. The second-order valence-electron chi connectivity index (χ2n) is 20.9. The molecule has 4 aliphatic heterocycles. The summed E-state index contributed by atoms with van der Waals surface area (Å²) in [6, 6.07) is 60.3. The smallest absolute Gasteiger partial charge is 0.159 e. The average Bonchev–Trinajstić information content (AvgIpc) is 4.38. The minimum Gasteiger partial charge on any atom is -0.454 e. The van der Waals surface area contributed by atoms with Gasteiger partial charge >= 0.3 is 0 Å². The van der Waals surface area contributed by atoms with Gasteiger partial charge in [-0.25, -0.2) is 0 Å². The predicted octanol–water partition coefficient (Wildman–Crippen LogP) is 16.2. The molecule has 10 heteroatoms. The van der Waals surface area contributed by atoms with E-state index in [9.17, 15) is 0 Å². The zero-order valence-corrected chi connectivity index (χ0v) is 44.6. The van der Waals surface area contributed by atoms with Crippen LogP contribution in [0.3, 0.4) is 0 Å². The van der Waals surface area contributed by atoms with E-state index in [4.69, 9.17) is 8.83 Å². The van der Waals surface area contributed by atoms with Gasteiger partial charge in [0.15, 0.2) is 11.2 Å². The average molecular weight is 1000 g/mol. The molecule has 380 valence electrons. The lowest BCUT2D eigenvalue weighted by molar-refractivity contribution is 0.176. The minimum absolute atomic E-state index is 0.0757. The number of para-hydroxylation sites is 8. The van der Waals surface area contributed by atoms with E-state index in [1.54, 1.807) is 0 Å². The number of benzene rings is 8. The summed E-state index contributed by atoms with van der Waals surface area (Å²) in [5.74, 6) is 0. The van der Waals surface area contributed by atoms with Crippen LogP contribution in [-0.4, -0.2) is 47.8 Å². The molecule has 0 spiro atoms. The SMILES string of the molecule is Cc1ccccc1N1C=CN(CN2C=CN(c3c(C)ccc4c3oc3ccccc34)[C@H]2C)[C@H]1C.Cc1ccccc1N1c2ccccc2N(CN2c3ccccc3N(c3c(C)ccc4c3oc3ccccc34)[C@H]2C)[C@H]1C. The first-order chi connectivity index (χ1) is 37.0. The van der Waals surface area contributed by atoms with Gasteiger partial charge in [-0.2, -0.15) is 0 Å². The van der Waals surface area contributed by atoms with Gasteiger partial charge in [-0.1, -0.05) is 121 Å². The number of fused-ring (bicyclic) bond motifs is 8. The molecular formula is C66H64N8O2. The van der Waals surface area contributed by atoms with Crippen molar-refractivity contribution >= 4 is 89.4 Å². The molecule has 4 aliphatic rings. The topological polar surface area (TPSA) is 52.2 Å². The highest BCUT2D eigenvalue weighted by Gasteiger charge is 2.41. The zero-order valence-electron chi connectivity index (χ0n) is 44.6. The van der Waals surface area contributed by atoms with Crippen LogP contribution < -0.4 is 29.4 Å². The molecule has 0 N–H and O–H groups in total. The molecule has 10 aromatic rings. The summed E-state index contributed by atoms with van der Waals surface area (Å²) in [5.41, 5.74) is 18.5. The maximum Gasteiger partial charge on any atom is 0.159 e. The molecule has 6 heterocycles. The van der Waals surface area contributed by atoms with E-state index in [1.807, 2.05) is 18.2 Å². The Labute approximate surface area is 445 Å². The number of nitrogens with zero attached hydrogens (tertiary/aromatic N) is 8. The van der Waals surface area contributed by atoms with Crippen LogP contribution >= 0.6 is 0 Å². The summed E-state index contributed by atoms with van der Waals surface area (Å²) in [6.07, 6.45) is 9.41. The third-order valence-electron chi connectivity index (χ3n) is 16.5. The maximum absolute atomic E-state index is 6.57. The van der Waals surface area contributed by atoms with Gasteiger partial charge in [0.1, 0.15) is 35.8 Å². The van der Waals surface area contributed by atoms with Crippen molar-refractivity contribution in [3.63, 3.8) is 0 Å². The summed E-state index contributed by atoms with van der Waals surface area (Å²) in [7, 11) is 0. The highest BCUT2D eigenvalue weighted by Crippen LogP contribution is 2.51. The molecule has 76 heavy (non-hydrogen) atoms. The van der Waals surface area contributed by atoms with Crippen LogP contribution in [0, 0.1) is 27.7 Å². The molecule has 2 aromatic heterocycles. The molecule has 0 saturated heterocycles. The number of anilines is 8. The Hall–Kier alpha value is -8.76. The Balaban J connectivity index is 0.000000149. The maximum atomic E-state index is 6.57. The number of rotatable bonds is 8. The lowest BCUT2D eigenvalue weighted by Gasteiger charge is -2.37. The van der Waals surface area contributed by atoms with E-state index < -0.39 is 0 Å². The Morgan fingerprint density at radius 1 is 0.329 bits per heavy atom. The largest absolute Gasteiger partial charge is 0.454 e. The molecule has 0 radical (unpaired) electrons. The molecule has 0 fully saturated rings. The van der Waals surface area contributed by atoms with E-state index in [0.29, 0.717) is 0 Å². The van der Waals surface area contributed by atoms with E-state index in [0.717, 1.165) is 57.8 Å². The van der Waals surface area contributed by atoms with Crippen molar-refractivity contribution in [2.45, 2.75) is 80.1 Å². The summed E-state index contributed by atoms with van der Waals surface area (Å²) < 4.78 is 12.9. The van der Waals surface area contributed by atoms with Crippen molar-refractivity contribution in [2.24, 2.45) is 0 Å². The fourth-order valence-electron chi connectivity index (χ4n) is 12.3. The molecule has 14 rings (SSSR count). The second kappa shape index (κ2) is 18.6. The van der Waals surface area contributed by atoms with Crippen molar-refractivity contribution in [1.82, 2.24) is 9.80 Å². The van der Waals surface area contributed by atoms with Gasteiger partial charge in [-0.05, 0) is 126 Å². The van der Waals surface area contributed by atoms with Crippen molar-refractivity contribution in [2.75, 3.05) is 42.7 Å². The van der Waals surface area contributed by atoms with Gasteiger partial charge in [-0.15, -0.1) is 0 Å². The highest BCUT2D eigenvalue weighted by molar-refractivity contribution is 6.11. The molecule has 0 aliphatic carbocycles. The Morgan fingerprint density at radius 2 is 0.750 bits per heavy atom. The lowest BCUT2D eigenvalue weighted by atomic mass is 10.1. The predicted molar refractivity (Wildman–Crippen MR) is 316 cm³/mol. The van der Waals surface area contributed by atoms with Crippen molar-refractivity contribution in [3.05, 3.63) is 217 Å². The van der Waals surface area contributed by atoms with E-state index in [-0.39, 0.29) is 24.7 Å². The summed E-state index contributed by atoms with van der Waals surface area (Å²) in [5, 5.41) is 4.65. The van der Waals surface area contributed by atoms with Crippen LogP contribution in [0.4, 0.5) is 45.5 Å². The van der Waals surface area contributed by atoms with Gasteiger partial charge in [0.05, 0.1) is 47.5 Å². The van der Waals surface area contributed by atoms with E-state index in [1.165, 1.54) is 67.2 Å². The second-order valence-corrected chi connectivity index (χ2v) is 20.9. The fourth-order valence-corrected chi connectivity index (χ4v) is 12.3. The Morgan fingerprint density at radius 3 is 1.32 bits per heavy atom. The quantitative estimate of drug-likeness (QED) is 0.147. The van der Waals surface area contributed by atoms with Crippen molar-refractivity contribution in [1.29, 1.82) is 0 Å². The molecule has 0 saturated carbocycles. The monoisotopic (exact) mass is 1000 g/mol. The molecule has 0 bridgehead atoms. The summed E-state index contributed by atoms with van der Waals surface area (Å²) in [6.45, 7) is 19.4. The molecule has 0 unspecified atom stereocenters. The Kier molecular flexibility index (Phi) is 11.5. The first-order valence-corrected chi connectivity index (χ1v) is 26.7. The molecule has 8 aromatic carbocycles. The molecule has 10 nitrogen and oxygen atoms in total. The van der Waals surface area contributed by atoms with Gasteiger partial charge < -0.3 is 48.0 Å². The number of furan rings is 2. The van der Waals surface area contributed by atoms with Gasteiger partial charge in [0.2, 0.25) is 0 Å².